The van der Waals surface area contributed by atoms with E-state index in [1.54, 1.807) is 13.2 Å². The Balaban J connectivity index is 1.91. The quantitative estimate of drug-likeness (QED) is 0.792. The first-order valence-corrected chi connectivity index (χ1v) is 7.36. The summed E-state index contributed by atoms with van der Waals surface area (Å²) in [5.41, 5.74) is 0. The summed E-state index contributed by atoms with van der Waals surface area (Å²) < 4.78 is 5.10. The number of rotatable bonds is 4. The van der Waals surface area contributed by atoms with Crippen LogP contribution in [0.3, 0.4) is 0 Å². The number of alkyl halides is 1. The second-order valence-corrected chi connectivity index (χ2v) is 5.46. The van der Waals surface area contributed by atoms with Gasteiger partial charge in [0.05, 0.1) is 12.0 Å². The number of amides is 1. The lowest BCUT2D eigenvalue weighted by Crippen LogP contribution is -2.48. The number of methoxy groups -OCH3 is 1. The molecule has 0 aromatic carbocycles. The molecule has 4 nitrogen and oxygen atoms in total. The summed E-state index contributed by atoms with van der Waals surface area (Å²) >= 11 is 7.15. The molecule has 1 aromatic heterocycles. The molecule has 0 N–H and O–H groups in total. The van der Waals surface area contributed by atoms with Gasteiger partial charge in [-0.15, -0.1) is 22.9 Å². The predicted octanol–water partition coefficient (Wildman–Crippen LogP) is 1.75. The summed E-state index contributed by atoms with van der Waals surface area (Å²) in [6.45, 7) is 4.25. The molecular formula is C12H17ClN2O2S. The fourth-order valence-corrected chi connectivity index (χ4v) is 3.05. The van der Waals surface area contributed by atoms with Gasteiger partial charge in [-0.05, 0) is 0 Å². The fraction of sp³-hybridized carbons (Fsp3) is 0.583. The highest BCUT2D eigenvalue weighted by atomic mass is 35.5. The van der Waals surface area contributed by atoms with E-state index in [1.807, 2.05) is 10.3 Å². The topological polar surface area (TPSA) is 32.8 Å². The third-order valence-electron chi connectivity index (χ3n) is 3.08. The van der Waals surface area contributed by atoms with Crippen LogP contribution in [0, 0.1) is 0 Å². The van der Waals surface area contributed by atoms with Crippen LogP contribution >= 0.6 is 22.9 Å². The standard InChI is InChI=1S/C12H17ClN2O2S/c1-17-10-8-11(18-9-10)12(16)15-6-4-14(3-2-13)5-7-15/h8-9H,2-7H2,1H3. The van der Waals surface area contributed by atoms with E-state index >= 15 is 0 Å². The summed E-state index contributed by atoms with van der Waals surface area (Å²) in [5.74, 6) is 1.51. The minimum atomic E-state index is 0.105. The average molecular weight is 289 g/mol. The number of nitrogens with zero attached hydrogens (tertiary/aromatic N) is 2. The Labute approximate surface area is 116 Å². The van der Waals surface area contributed by atoms with Gasteiger partial charge in [-0.1, -0.05) is 0 Å². The third-order valence-corrected chi connectivity index (χ3v) is 4.15. The van der Waals surface area contributed by atoms with Gasteiger partial charge >= 0.3 is 0 Å². The van der Waals surface area contributed by atoms with Crippen molar-refractivity contribution < 1.29 is 9.53 Å². The lowest BCUT2D eigenvalue weighted by molar-refractivity contribution is 0.0649. The molecule has 1 aromatic rings. The van der Waals surface area contributed by atoms with Crippen molar-refractivity contribution in [3.8, 4) is 5.75 Å². The molecule has 100 valence electrons. The summed E-state index contributed by atoms with van der Waals surface area (Å²) in [5, 5.41) is 1.86. The molecule has 2 heterocycles. The molecule has 1 aliphatic heterocycles. The van der Waals surface area contributed by atoms with E-state index in [9.17, 15) is 4.79 Å². The van der Waals surface area contributed by atoms with Crippen molar-refractivity contribution in [3.05, 3.63) is 16.3 Å². The molecule has 1 saturated heterocycles. The Bertz CT molecular complexity index is 403. The van der Waals surface area contributed by atoms with Crippen molar-refractivity contribution in [2.24, 2.45) is 0 Å². The zero-order valence-corrected chi connectivity index (χ0v) is 12.0. The number of ether oxygens (including phenoxy) is 1. The molecular weight excluding hydrogens is 272 g/mol. The van der Waals surface area contributed by atoms with Crippen molar-refractivity contribution in [2.75, 3.05) is 45.7 Å². The molecule has 0 aliphatic carbocycles. The molecule has 1 amide bonds. The molecule has 0 bridgehead atoms. The van der Waals surface area contributed by atoms with Gasteiger partial charge < -0.3 is 9.64 Å². The van der Waals surface area contributed by atoms with Gasteiger partial charge in [0.1, 0.15) is 5.75 Å². The van der Waals surface area contributed by atoms with Gasteiger partial charge in [-0.3, -0.25) is 9.69 Å². The summed E-state index contributed by atoms with van der Waals surface area (Å²) in [7, 11) is 1.61. The lowest BCUT2D eigenvalue weighted by atomic mass is 10.3. The zero-order valence-electron chi connectivity index (χ0n) is 10.4. The molecule has 0 unspecified atom stereocenters. The Morgan fingerprint density at radius 3 is 2.72 bits per heavy atom. The first-order chi connectivity index (χ1) is 8.74. The van der Waals surface area contributed by atoms with Gasteiger partial charge in [-0.25, -0.2) is 0 Å². The molecule has 0 radical (unpaired) electrons. The van der Waals surface area contributed by atoms with Crippen molar-refractivity contribution >= 4 is 28.8 Å². The Kier molecular flexibility index (Phi) is 4.86. The van der Waals surface area contributed by atoms with Crippen molar-refractivity contribution in [1.29, 1.82) is 0 Å². The van der Waals surface area contributed by atoms with E-state index in [0.717, 1.165) is 43.4 Å². The monoisotopic (exact) mass is 288 g/mol. The van der Waals surface area contributed by atoms with Crippen LogP contribution in [0.5, 0.6) is 5.75 Å². The minimum Gasteiger partial charge on any atom is -0.496 e. The average Bonchev–Trinajstić information content (AvgIpc) is 2.88. The Hall–Kier alpha value is -0.780. The van der Waals surface area contributed by atoms with Gasteiger partial charge in [0, 0.05) is 50.1 Å². The maximum Gasteiger partial charge on any atom is 0.264 e. The molecule has 18 heavy (non-hydrogen) atoms. The summed E-state index contributed by atoms with van der Waals surface area (Å²) in [4.78, 5) is 17.2. The fourth-order valence-electron chi connectivity index (χ4n) is 1.99. The van der Waals surface area contributed by atoms with Crippen molar-refractivity contribution in [1.82, 2.24) is 9.80 Å². The van der Waals surface area contributed by atoms with Crippen LogP contribution in [-0.2, 0) is 0 Å². The van der Waals surface area contributed by atoms with Crippen LogP contribution in [0.2, 0.25) is 0 Å². The Morgan fingerprint density at radius 1 is 1.44 bits per heavy atom. The zero-order chi connectivity index (χ0) is 13.0. The maximum absolute atomic E-state index is 12.2. The SMILES string of the molecule is COc1csc(C(=O)N2CCN(CCCl)CC2)c1. The van der Waals surface area contributed by atoms with E-state index in [0.29, 0.717) is 5.88 Å². The number of carbonyl (C=O) groups excluding carboxylic acids is 1. The normalized spacial score (nSPS) is 16.9. The smallest absolute Gasteiger partial charge is 0.264 e. The Morgan fingerprint density at radius 2 is 2.17 bits per heavy atom. The summed E-state index contributed by atoms with van der Waals surface area (Å²) in [6, 6.07) is 1.80. The maximum atomic E-state index is 12.2. The van der Waals surface area contributed by atoms with Crippen LogP contribution in [0.4, 0.5) is 0 Å². The first-order valence-electron chi connectivity index (χ1n) is 5.94. The first kappa shape index (κ1) is 13.6. The molecule has 6 heteroatoms. The van der Waals surface area contributed by atoms with Crippen molar-refractivity contribution in [2.45, 2.75) is 0 Å². The van der Waals surface area contributed by atoms with Crippen LogP contribution in [-0.4, -0.2) is 61.4 Å². The third kappa shape index (κ3) is 3.16. The van der Waals surface area contributed by atoms with E-state index in [1.165, 1.54) is 11.3 Å². The van der Waals surface area contributed by atoms with Crippen LogP contribution in [0.25, 0.3) is 0 Å². The van der Waals surface area contributed by atoms with Gasteiger partial charge in [0.2, 0.25) is 0 Å². The highest BCUT2D eigenvalue weighted by Gasteiger charge is 2.22. The predicted molar refractivity (Wildman–Crippen MR) is 73.9 cm³/mol. The molecule has 2 rings (SSSR count). The molecule has 0 saturated carbocycles. The highest BCUT2D eigenvalue weighted by Crippen LogP contribution is 2.22. The highest BCUT2D eigenvalue weighted by molar-refractivity contribution is 7.12. The van der Waals surface area contributed by atoms with Gasteiger partial charge in [0.15, 0.2) is 0 Å². The number of hydrogen-bond acceptors (Lipinski definition) is 4. The van der Waals surface area contributed by atoms with Gasteiger partial charge in [0.25, 0.3) is 5.91 Å². The number of carbonyl (C=O) groups is 1. The van der Waals surface area contributed by atoms with E-state index < -0.39 is 0 Å². The van der Waals surface area contributed by atoms with Crippen LogP contribution < -0.4 is 4.74 Å². The lowest BCUT2D eigenvalue weighted by Gasteiger charge is -2.34. The van der Waals surface area contributed by atoms with Crippen LogP contribution in [0.1, 0.15) is 9.67 Å². The van der Waals surface area contributed by atoms with E-state index in [4.69, 9.17) is 16.3 Å². The molecule has 0 spiro atoms. The second kappa shape index (κ2) is 6.41. The summed E-state index contributed by atoms with van der Waals surface area (Å²) in [6.07, 6.45) is 0. The molecule has 1 fully saturated rings. The number of thiophene rings is 1. The largest absolute Gasteiger partial charge is 0.496 e. The van der Waals surface area contributed by atoms with Crippen molar-refractivity contribution in [3.63, 3.8) is 0 Å². The number of halogens is 1. The van der Waals surface area contributed by atoms with E-state index in [-0.39, 0.29) is 5.91 Å². The number of piperazine rings is 1. The van der Waals surface area contributed by atoms with Gasteiger partial charge in [-0.2, -0.15) is 0 Å². The van der Waals surface area contributed by atoms with E-state index in [2.05, 4.69) is 4.90 Å². The second-order valence-electron chi connectivity index (χ2n) is 4.17. The van der Waals surface area contributed by atoms with Crippen LogP contribution in [0.15, 0.2) is 11.4 Å². The molecule has 0 atom stereocenters. The minimum absolute atomic E-state index is 0.105. The molecule has 1 aliphatic rings. The number of hydrogen-bond donors (Lipinski definition) is 0.